The average molecular weight is 287 g/mol. The molecule has 0 aliphatic carbocycles. The van der Waals surface area contributed by atoms with Gasteiger partial charge in [0.05, 0.1) is 27.4 Å². The number of sulfone groups is 1. The number of rotatable bonds is 3. The summed E-state index contributed by atoms with van der Waals surface area (Å²) in [5.41, 5.74) is 0.0139. The summed E-state index contributed by atoms with van der Waals surface area (Å²) >= 11 is 5.61. The van der Waals surface area contributed by atoms with Crippen molar-refractivity contribution >= 4 is 32.3 Å². The lowest BCUT2D eigenvalue weighted by atomic mass is 10.2. The fourth-order valence-electron chi connectivity index (χ4n) is 1.59. The molecule has 1 heterocycles. The molecule has 2 aromatic rings. The van der Waals surface area contributed by atoms with Crippen LogP contribution in [0, 0.1) is 0 Å². The Morgan fingerprint density at radius 3 is 2.72 bits per heavy atom. The number of hydrogen-bond donors (Lipinski definition) is 1. The van der Waals surface area contributed by atoms with Crippen LogP contribution in [0.3, 0.4) is 0 Å². The Morgan fingerprint density at radius 1 is 1.39 bits per heavy atom. The number of fused-ring (bicyclic) bond motifs is 1. The van der Waals surface area contributed by atoms with Crippen LogP contribution in [0.15, 0.2) is 27.9 Å². The second-order valence-corrected chi connectivity index (χ2v) is 6.27. The van der Waals surface area contributed by atoms with Gasteiger partial charge in [0.25, 0.3) is 5.56 Å². The van der Waals surface area contributed by atoms with Crippen molar-refractivity contribution < 1.29 is 8.42 Å². The summed E-state index contributed by atoms with van der Waals surface area (Å²) in [7, 11) is -3.31. The van der Waals surface area contributed by atoms with Crippen LogP contribution >= 0.6 is 11.6 Å². The number of aromatic nitrogens is 2. The van der Waals surface area contributed by atoms with Crippen molar-refractivity contribution in [3.63, 3.8) is 0 Å². The Labute approximate surface area is 109 Å². The maximum Gasteiger partial charge on any atom is 0.258 e. The summed E-state index contributed by atoms with van der Waals surface area (Å²) in [6.45, 7) is 1.56. The van der Waals surface area contributed by atoms with Gasteiger partial charge in [0.1, 0.15) is 5.82 Å². The minimum atomic E-state index is -3.31. The van der Waals surface area contributed by atoms with Crippen LogP contribution in [-0.4, -0.2) is 24.1 Å². The first kappa shape index (κ1) is 13.0. The minimum Gasteiger partial charge on any atom is -0.309 e. The molecule has 0 unspecified atom stereocenters. The van der Waals surface area contributed by atoms with Gasteiger partial charge in [-0.05, 0) is 18.2 Å². The molecule has 0 saturated carbocycles. The van der Waals surface area contributed by atoms with E-state index < -0.39 is 9.84 Å². The van der Waals surface area contributed by atoms with Crippen molar-refractivity contribution in [2.24, 2.45) is 0 Å². The highest BCUT2D eigenvalue weighted by Gasteiger charge is 2.13. The standard InChI is InChI=1S/C11H11ClN2O3S/c1-2-18(16,17)7-3-4-8-9(5-7)13-10(6-12)14-11(8)15/h3-5H,2,6H2,1H3,(H,13,14,15). The first-order valence-corrected chi connectivity index (χ1v) is 7.48. The van der Waals surface area contributed by atoms with Gasteiger partial charge < -0.3 is 4.98 Å². The molecule has 18 heavy (non-hydrogen) atoms. The Hall–Kier alpha value is -1.40. The summed E-state index contributed by atoms with van der Waals surface area (Å²) in [6.07, 6.45) is 0. The van der Waals surface area contributed by atoms with E-state index in [1.165, 1.54) is 18.2 Å². The number of nitrogens with zero attached hydrogens (tertiary/aromatic N) is 1. The molecular weight excluding hydrogens is 276 g/mol. The first-order chi connectivity index (χ1) is 8.47. The molecular formula is C11H11ClN2O3S. The summed E-state index contributed by atoms with van der Waals surface area (Å²) < 4.78 is 23.5. The Kier molecular flexibility index (Phi) is 3.41. The highest BCUT2D eigenvalue weighted by Crippen LogP contribution is 2.16. The van der Waals surface area contributed by atoms with E-state index in [0.717, 1.165) is 0 Å². The van der Waals surface area contributed by atoms with Crippen molar-refractivity contribution in [2.75, 3.05) is 5.75 Å². The molecule has 1 aromatic heterocycles. The molecule has 0 fully saturated rings. The van der Waals surface area contributed by atoms with E-state index in [1.54, 1.807) is 6.92 Å². The molecule has 0 amide bonds. The van der Waals surface area contributed by atoms with Crippen LogP contribution in [0.25, 0.3) is 10.9 Å². The van der Waals surface area contributed by atoms with Gasteiger partial charge in [-0.25, -0.2) is 13.4 Å². The number of hydrogen-bond acceptors (Lipinski definition) is 4. The van der Waals surface area contributed by atoms with E-state index in [1.807, 2.05) is 0 Å². The van der Waals surface area contributed by atoms with Crippen LogP contribution in [0.2, 0.25) is 0 Å². The van der Waals surface area contributed by atoms with Gasteiger partial charge in [-0.1, -0.05) is 6.92 Å². The van der Waals surface area contributed by atoms with Gasteiger partial charge in [0.15, 0.2) is 9.84 Å². The molecule has 1 N–H and O–H groups in total. The van der Waals surface area contributed by atoms with Crippen molar-refractivity contribution in [3.05, 3.63) is 34.4 Å². The van der Waals surface area contributed by atoms with E-state index in [9.17, 15) is 13.2 Å². The lowest BCUT2D eigenvalue weighted by Gasteiger charge is -2.04. The predicted molar refractivity (Wildman–Crippen MR) is 69.6 cm³/mol. The summed E-state index contributed by atoms with van der Waals surface area (Å²) in [5.74, 6) is 0.389. The zero-order chi connectivity index (χ0) is 13.3. The quantitative estimate of drug-likeness (QED) is 0.866. The van der Waals surface area contributed by atoms with Gasteiger partial charge in [-0.3, -0.25) is 4.79 Å². The lowest BCUT2D eigenvalue weighted by molar-refractivity contribution is 0.597. The van der Waals surface area contributed by atoms with E-state index in [0.29, 0.717) is 16.7 Å². The Balaban J connectivity index is 2.76. The number of alkyl halides is 1. The zero-order valence-corrected chi connectivity index (χ0v) is 11.2. The van der Waals surface area contributed by atoms with Crippen molar-refractivity contribution in [1.82, 2.24) is 9.97 Å². The molecule has 96 valence electrons. The molecule has 0 atom stereocenters. The molecule has 0 aliphatic heterocycles. The first-order valence-electron chi connectivity index (χ1n) is 5.29. The average Bonchev–Trinajstić information content (AvgIpc) is 2.37. The molecule has 7 heteroatoms. The van der Waals surface area contributed by atoms with Crippen LogP contribution < -0.4 is 5.56 Å². The fourth-order valence-corrected chi connectivity index (χ4v) is 2.62. The van der Waals surface area contributed by atoms with Crippen molar-refractivity contribution in [2.45, 2.75) is 17.7 Å². The third-order valence-corrected chi connectivity index (χ3v) is 4.58. The maximum atomic E-state index is 11.7. The van der Waals surface area contributed by atoms with Crippen LogP contribution in [0.5, 0.6) is 0 Å². The number of nitrogens with one attached hydrogen (secondary N) is 1. The smallest absolute Gasteiger partial charge is 0.258 e. The van der Waals surface area contributed by atoms with Crippen LogP contribution in [0.4, 0.5) is 0 Å². The zero-order valence-electron chi connectivity index (χ0n) is 9.60. The molecule has 0 saturated heterocycles. The van der Waals surface area contributed by atoms with Gasteiger partial charge in [0, 0.05) is 0 Å². The molecule has 0 radical (unpaired) electrons. The number of H-pyrrole nitrogens is 1. The molecule has 0 bridgehead atoms. The lowest BCUT2D eigenvalue weighted by Crippen LogP contribution is -2.12. The molecule has 1 aromatic carbocycles. The third-order valence-electron chi connectivity index (χ3n) is 2.59. The van der Waals surface area contributed by atoms with Crippen molar-refractivity contribution in [1.29, 1.82) is 0 Å². The van der Waals surface area contributed by atoms with E-state index in [2.05, 4.69) is 9.97 Å². The third kappa shape index (κ3) is 2.26. The van der Waals surface area contributed by atoms with E-state index in [4.69, 9.17) is 11.6 Å². The molecule has 5 nitrogen and oxygen atoms in total. The highest BCUT2D eigenvalue weighted by molar-refractivity contribution is 7.91. The second kappa shape index (κ2) is 4.70. The Morgan fingerprint density at radius 2 is 2.11 bits per heavy atom. The number of aromatic amines is 1. The van der Waals surface area contributed by atoms with Crippen LogP contribution in [0.1, 0.15) is 12.7 Å². The van der Waals surface area contributed by atoms with Crippen LogP contribution in [-0.2, 0) is 15.7 Å². The monoisotopic (exact) mass is 286 g/mol. The summed E-state index contributed by atoms with van der Waals surface area (Å²) in [4.78, 5) is 18.5. The normalized spacial score (nSPS) is 11.9. The maximum absolute atomic E-state index is 11.7. The Bertz CT molecular complexity index is 752. The number of benzene rings is 1. The van der Waals surface area contributed by atoms with E-state index >= 15 is 0 Å². The number of halogens is 1. The fraction of sp³-hybridized carbons (Fsp3) is 0.273. The molecule has 0 aliphatic rings. The van der Waals surface area contributed by atoms with Crippen molar-refractivity contribution in [3.8, 4) is 0 Å². The summed E-state index contributed by atoms with van der Waals surface area (Å²) in [5, 5.41) is 0.346. The molecule has 0 spiro atoms. The highest BCUT2D eigenvalue weighted by atomic mass is 35.5. The summed E-state index contributed by atoms with van der Waals surface area (Å²) in [6, 6.07) is 4.28. The largest absolute Gasteiger partial charge is 0.309 e. The van der Waals surface area contributed by atoms with Gasteiger partial charge >= 0.3 is 0 Å². The SMILES string of the molecule is CCS(=O)(=O)c1ccc2c(=O)[nH]c(CCl)nc2c1. The van der Waals surface area contributed by atoms with Gasteiger partial charge in [-0.15, -0.1) is 11.6 Å². The van der Waals surface area contributed by atoms with Gasteiger partial charge in [-0.2, -0.15) is 0 Å². The molecule has 2 rings (SSSR count). The van der Waals surface area contributed by atoms with Gasteiger partial charge in [0.2, 0.25) is 0 Å². The van der Waals surface area contributed by atoms with E-state index in [-0.39, 0.29) is 22.1 Å². The predicted octanol–water partition coefficient (Wildman–Crippen LogP) is 1.46. The second-order valence-electron chi connectivity index (χ2n) is 3.73. The topological polar surface area (TPSA) is 79.9 Å². The minimum absolute atomic E-state index is 0.00403.